The van der Waals surface area contributed by atoms with Crippen LogP contribution < -0.4 is 0 Å². The lowest BCUT2D eigenvalue weighted by molar-refractivity contribution is -0.371. The third-order valence-corrected chi connectivity index (χ3v) is 12.9. The number of fused-ring (bicyclic) bond motifs is 5. The molecule has 4 saturated heterocycles. The zero-order chi connectivity index (χ0) is 42.4. The number of rotatable bonds is 7. The minimum Gasteiger partial charge on any atom is -0.507 e. The number of benzene rings is 2. The minimum atomic E-state index is -1.92. The van der Waals surface area contributed by atoms with Crippen molar-refractivity contribution in [2.75, 3.05) is 21.2 Å². The topological polar surface area (TPSA) is 226 Å². The van der Waals surface area contributed by atoms with E-state index < -0.39 is 125 Å². The van der Waals surface area contributed by atoms with Crippen molar-refractivity contribution in [1.82, 2.24) is 4.90 Å². The van der Waals surface area contributed by atoms with E-state index in [0.29, 0.717) is 6.42 Å². The fraction of sp³-hybridized carbons (Fsp3) is 0.619. The summed E-state index contributed by atoms with van der Waals surface area (Å²) in [6.07, 6.45) is -6.94. The van der Waals surface area contributed by atoms with Crippen molar-refractivity contribution in [3.63, 3.8) is 0 Å². The van der Waals surface area contributed by atoms with E-state index in [2.05, 4.69) is 0 Å². The standard InChI is InChI=1S/C42H51NO16/c1-8-42(51)15-25(29-30(33(42)40(50)52-7)37(49)31-32(36(29)48)35(47)28-19(34(31)46)10-9-11-21(28)44)57-26-12-20(43(5)6)38(17(3)53-26)58-27-14-23-39(18(4)54-27)59-41-24(56-23)13-22(45)16(2)55-41/h9-11,16-18,20,23-27,33,38-39,41,44,48-49,51H,8,12-15H2,1-7H3/t16?,17?,18?,20?,23?,24?,25-,26?,27?,33?,38?,39?,41?,42+/m0/s1. The molecule has 4 heterocycles. The molecule has 2 aliphatic carbocycles. The summed E-state index contributed by atoms with van der Waals surface area (Å²) < 4.78 is 49.4. The number of phenolic OH excluding ortho intramolecular Hbond substituents is 3. The predicted molar refractivity (Wildman–Crippen MR) is 201 cm³/mol. The molecule has 4 fully saturated rings. The van der Waals surface area contributed by atoms with Crippen LogP contribution in [0.25, 0.3) is 0 Å². The van der Waals surface area contributed by atoms with Crippen LogP contribution in [0.1, 0.15) is 115 Å². The van der Waals surface area contributed by atoms with Crippen molar-refractivity contribution < 1.29 is 77.5 Å². The number of carbonyl (C=O) groups is 4. The van der Waals surface area contributed by atoms with E-state index in [1.54, 1.807) is 20.8 Å². The van der Waals surface area contributed by atoms with Crippen LogP contribution in [-0.4, -0.2) is 143 Å². The molecule has 12 unspecified atom stereocenters. The van der Waals surface area contributed by atoms with Crippen LogP contribution in [0.5, 0.6) is 17.2 Å². The number of esters is 1. The van der Waals surface area contributed by atoms with Crippen molar-refractivity contribution in [2.24, 2.45) is 0 Å². The van der Waals surface area contributed by atoms with Crippen molar-refractivity contribution in [3.8, 4) is 17.2 Å². The van der Waals surface area contributed by atoms with Gasteiger partial charge in [0.25, 0.3) is 0 Å². The smallest absolute Gasteiger partial charge is 0.316 e. The van der Waals surface area contributed by atoms with E-state index in [1.807, 2.05) is 25.9 Å². The SMILES string of the molecule is CC[C@@]1(O)C[C@H](OC2CC(N(C)C)C(OC3CC4OC5CC(=O)C(C)OC5OC4C(C)O3)C(C)O2)c2c(O)c3c(c(O)c2C1C(=O)OC)C(=O)c1cccc(O)c1C3=O. The van der Waals surface area contributed by atoms with Crippen molar-refractivity contribution in [3.05, 3.63) is 51.6 Å². The van der Waals surface area contributed by atoms with Gasteiger partial charge in [0.15, 0.2) is 30.4 Å². The molecule has 0 aromatic heterocycles. The summed E-state index contributed by atoms with van der Waals surface area (Å²) in [4.78, 5) is 55.7. The van der Waals surface area contributed by atoms with Gasteiger partial charge in [0.2, 0.25) is 5.78 Å². The average molecular weight is 826 g/mol. The molecule has 6 aliphatic rings. The molecule has 2 aromatic rings. The molecule has 0 saturated carbocycles. The first-order valence-electron chi connectivity index (χ1n) is 20.1. The lowest BCUT2D eigenvalue weighted by Crippen LogP contribution is -2.62. The summed E-state index contributed by atoms with van der Waals surface area (Å²) >= 11 is 0. The Hall–Kier alpha value is -4.04. The van der Waals surface area contributed by atoms with Gasteiger partial charge in [0.1, 0.15) is 47.6 Å². The highest BCUT2D eigenvalue weighted by molar-refractivity contribution is 6.31. The Morgan fingerprint density at radius 3 is 2.22 bits per heavy atom. The highest BCUT2D eigenvalue weighted by atomic mass is 16.8. The number of carbonyl (C=O) groups excluding carboxylic acids is 4. The predicted octanol–water partition coefficient (Wildman–Crippen LogP) is 2.88. The second-order valence-corrected chi connectivity index (χ2v) is 16.7. The third kappa shape index (κ3) is 6.84. The van der Waals surface area contributed by atoms with Gasteiger partial charge in [-0.15, -0.1) is 0 Å². The van der Waals surface area contributed by atoms with Crippen LogP contribution in [0.15, 0.2) is 18.2 Å². The normalized spacial score (nSPS) is 37.8. The zero-order valence-corrected chi connectivity index (χ0v) is 33.9. The van der Waals surface area contributed by atoms with Gasteiger partial charge in [-0.05, 0) is 47.4 Å². The first-order valence-corrected chi connectivity index (χ1v) is 20.1. The van der Waals surface area contributed by atoms with Gasteiger partial charge in [-0.25, -0.2) is 0 Å². The molecule has 0 spiro atoms. The molecule has 0 radical (unpaired) electrons. The number of hydrogen-bond donors (Lipinski definition) is 4. The second kappa shape index (κ2) is 15.5. The molecule has 14 atom stereocenters. The monoisotopic (exact) mass is 825 g/mol. The van der Waals surface area contributed by atoms with Gasteiger partial charge in [-0.1, -0.05) is 19.1 Å². The third-order valence-electron chi connectivity index (χ3n) is 12.9. The number of likely N-dealkylation sites (N-methyl/N-ethyl adjacent to an activating group) is 1. The lowest BCUT2D eigenvalue weighted by atomic mass is 9.66. The highest BCUT2D eigenvalue weighted by Crippen LogP contribution is 2.57. The maximum absolute atomic E-state index is 14.0. The minimum absolute atomic E-state index is 0.0363. The highest BCUT2D eigenvalue weighted by Gasteiger charge is 2.56. The van der Waals surface area contributed by atoms with Crippen LogP contribution in [0.2, 0.25) is 0 Å². The Balaban J connectivity index is 1.08. The van der Waals surface area contributed by atoms with Crippen LogP contribution in [-0.2, 0) is 47.5 Å². The summed E-state index contributed by atoms with van der Waals surface area (Å²) in [6.45, 7) is 7.00. The number of ketones is 3. The molecular weight excluding hydrogens is 774 g/mol. The lowest BCUT2D eigenvalue weighted by Gasteiger charge is -2.51. The van der Waals surface area contributed by atoms with Gasteiger partial charge in [-0.2, -0.15) is 0 Å². The molecule has 17 heteroatoms. The van der Waals surface area contributed by atoms with E-state index in [9.17, 15) is 39.6 Å². The Morgan fingerprint density at radius 2 is 1.53 bits per heavy atom. The summed E-state index contributed by atoms with van der Waals surface area (Å²) in [5.41, 5.74) is -4.11. The van der Waals surface area contributed by atoms with Crippen LogP contribution >= 0.6 is 0 Å². The maximum atomic E-state index is 14.0. The zero-order valence-electron chi connectivity index (χ0n) is 33.9. The molecule has 17 nitrogen and oxygen atoms in total. The molecule has 59 heavy (non-hydrogen) atoms. The number of nitrogens with zero attached hydrogens (tertiary/aromatic N) is 1. The van der Waals surface area contributed by atoms with Crippen molar-refractivity contribution in [2.45, 2.75) is 145 Å². The number of aliphatic hydroxyl groups is 1. The fourth-order valence-corrected chi connectivity index (χ4v) is 9.80. The number of methoxy groups -OCH3 is 1. The molecule has 4 N–H and O–H groups in total. The van der Waals surface area contributed by atoms with Crippen molar-refractivity contribution >= 4 is 23.3 Å². The Bertz CT molecular complexity index is 2050. The van der Waals surface area contributed by atoms with Crippen LogP contribution in [0.4, 0.5) is 0 Å². The van der Waals surface area contributed by atoms with Crippen LogP contribution in [0.3, 0.4) is 0 Å². The van der Waals surface area contributed by atoms with Gasteiger partial charge >= 0.3 is 5.97 Å². The molecular formula is C42H51NO16. The van der Waals surface area contributed by atoms with E-state index >= 15 is 0 Å². The van der Waals surface area contributed by atoms with E-state index in [1.165, 1.54) is 18.2 Å². The Labute approximate surface area is 340 Å². The molecule has 0 bridgehead atoms. The quantitative estimate of drug-likeness (QED) is 0.198. The number of phenols is 3. The summed E-state index contributed by atoms with van der Waals surface area (Å²) in [6, 6.07) is 3.55. The van der Waals surface area contributed by atoms with E-state index in [4.69, 9.17) is 37.9 Å². The molecule has 8 rings (SSSR count). The molecule has 0 amide bonds. The Kier molecular flexibility index (Phi) is 10.9. The van der Waals surface area contributed by atoms with E-state index in [-0.39, 0.29) is 59.8 Å². The largest absolute Gasteiger partial charge is 0.507 e. The fourth-order valence-electron chi connectivity index (χ4n) is 9.80. The number of hydrogen-bond acceptors (Lipinski definition) is 17. The van der Waals surface area contributed by atoms with Crippen molar-refractivity contribution in [1.29, 1.82) is 0 Å². The first-order chi connectivity index (χ1) is 28.0. The molecule has 2 aromatic carbocycles. The summed E-state index contributed by atoms with van der Waals surface area (Å²) in [7, 11) is 4.85. The molecule has 320 valence electrons. The maximum Gasteiger partial charge on any atom is 0.316 e. The molecule has 4 aliphatic heterocycles. The second-order valence-electron chi connectivity index (χ2n) is 16.7. The van der Waals surface area contributed by atoms with E-state index in [0.717, 1.165) is 7.11 Å². The van der Waals surface area contributed by atoms with Gasteiger partial charge < -0.3 is 63.2 Å². The number of Topliss-reactive ketones (excluding diaryl/α,β-unsaturated/α-hetero) is 1. The van der Waals surface area contributed by atoms with Gasteiger partial charge in [-0.3, -0.25) is 19.2 Å². The number of ether oxygens (including phenoxy) is 8. The number of aromatic hydroxyl groups is 3. The summed E-state index contributed by atoms with van der Waals surface area (Å²) in [5, 5.41) is 46.7. The summed E-state index contributed by atoms with van der Waals surface area (Å²) in [5.74, 6) is -6.42. The average Bonchev–Trinajstić information content (AvgIpc) is 3.18. The van der Waals surface area contributed by atoms with Crippen LogP contribution in [0, 0.1) is 0 Å². The van der Waals surface area contributed by atoms with Gasteiger partial charge in [0.05, 0.1) is 53.8 Å². The Morgan fingerprint density at radius 1 is 0.847 bits per heavy atom. The van der Waals surface area contributed by atoms with Gasteiger partial charge in [0, 0.05) is 48.4 Å². The first kappa shape index (κ1) is 41.7.